The Balaban J connectivity index is 1.89. The van der Waals surface area contributed by atoms with Crippen LogP contribution in [0.1, 0.15) is 24.8 Å². The zero-order valence-corrected chi connectivity index (χ0v) is 18.3. The second kappa shape index (κ2) is 10.1. The standard InChI is InChI=1S/C22H25ClN2O4S/c1-29-19-11-7-17(8-12-19)5-4-16-25(21-6-2-3-15-24-22(21)26)30(27,28)20-13-9-18(23)10-14-20/h4-5,7-14,21H,2-3,6,15-16H2,1H3,(H,24,26)/b5-4+. The van der Waals surface area contributed by atoms with E-state index in [1.807, 2.05) is 30.3 Å². The molecule has 1 heterocycles. The van der Waals surface area contributed by atoms with E-state index in [1.165, 1.54) is 28.6 Å². The van der Waals surface area contributed by atoms with Gasteiger partial charge in [-0.15, -0.1) is 0 Å². The zero-order chi connectivity index (χ0) is 21.6. The SMILES string of the molecule is COc1ccc(/C=C/CN(C2CCCCNC2=O)S(=O)(=O)c2ccc(Cl)cc2)cc1. The molecule has 1 saturated heterocycles. The highest BCUT2D eigenvalue weighted by atomic mass is 35.5. The van der Waals surface area contributed by atoms with Gasteiger partial charge in [0.05, 0.1) is 12.0 Å². The van der Waals surface area contributed by atoms with E-state index in [0.717, 1.165) is 24.2 Å². The van der Waals surface area contributed by atoms with Crippen LogP contribution in [-0.4, -0.2) is 44.9 Å². The maximum Gasteiger partial charge on any atom is 0.244 e. The van der Waals surface area contributed by atoms with Crippen molar-refractivity contribution in [2.24, 2.45) is 0 Å². The van der Waals surface area contributed by atoms with Crippen LogP contribution < -0.4 is 10.1 Å². The third-order valence-corrected chi connectivity index (χ3v) is 7.13. The molecular weight excluding hydrogens is 424 g/mol. The molecule has 1 N–H and O–H groups in total. The molecule has 0 aliphatic carbocycles. The third-order valence-electron chi connectivity index (χ3n) is 4.99. The molecule has 30 heavy (non-hydrogen) atoms. The van der Waals surface area contributed by atoms with Crippen molar-refractivity contribution < 1.29 is 17.9 Å². The second-order valence-corrected chi connectivity index (χ2v) is 9.33. The first kappa shape index (κ1) is 22.3. The van der Waals surface area contributed by atoms with E-state index in [2.05, 4.69) is 5.32 Å². The van der Waals surface area contributed by atoms with Gasteiger partial charge in [0, 0.05) is 18.1 Å². The molecule has 8 heteroatoms. The second-order valence-electron chi connectivity index (χ2n) is 7.01. The van der Waals surface area contributed by atoms with E-state index in [0.29, 0.717) is 18.0 Å². The molecule has 0 aromatic heterocycles. The summed E-state index contributed by atoms with van der Waals surface area (Å²) < 4.78 is 33.2. The lowest BCUT2D eigenvalue weighted by Gasteiger charge is -2.28. The van der Waals surface area contributed by atoms with Crippen molar-refractivity contribution in [3.63, 3.8) is 0 Å². The van der Waals surface area contributed by atoms with Crippen LogP contribution >= 0.6 is 11.6 Å². The molecule has 0 saturated carbocycles. The number of halogens is 1. The van der Waals surface area contributed by atoms with Gasteiger partial charge < -0.3 is 10.1 Å². The summed E-state index contributed by atoms with van der Waals surface area (Å²) in [5.74, 6) is 0.483. The number of rotatable bonds is 7. The van der Waals surface area contributed by atoms with Gasteiger partial charge in [-0.05, 0) is 61.2 Å². The summed E-state index contributed by atoms with van der Waals surface area (Å²) in [6, 6.07) is 12.7. The molecule has 6 nitrogen and oxygen atoms in total. The number of methoxy groups -OCH3 is 1. The molecule has 1 aliphatic rings. The Morgan fingerprint density at radius 2 is 1.83 bits per heavy atom. The average Bonchev–Trinajstić information content (AvgIpc) is 2.96. The highest BCUT2D eigenvalue weighted by Gasteiger charge is 2.35. The number of nitrogens with zero attached hydrogens (tertiary/aromatic N) is 1. The summed E-state index contributed by atoms with van der Waals surface area (Å²) in [6.07, 6.45) is 5.68. The minimum absolute atomic E-state index is 0.0784. The monoisotopic (exact) mass is 448 g/mol. The molecule has 3 rings (SSSR count). The van der Waals surface area contributed by atoms with Gasteiger partial charge in [-0.3, -0.25) is 4.79 Å². The highest BCUT2D eigenvalue weighted by molar-refractivity contribution is 7.89. The summed E-state index contributed by atoms with van der Waals surface area (Å²) in [7, 11) is -2.29. The molecule has 1 atom stereocenters. The summed E-state index contributed by atoms with van der Waals surface area (Å²) in [5, 5.41) is 3.28. The lowest BCUT2D eigenvalue weighted by molar-refractivity contribution is -0.124. The van der Waals surface area contributed by atoms with Crippen LogP contribution in [0.15, 0.2) is 59.5 Å². The predicted octanol–water partition coefficient (Wildman–Crippen LogP) is 3.72. The largest absolute Gasteiger partial charge is 0.497 e. The number of hydrogen-bond acceptors (Lipinski definition) is 4. The van der Waals surface area contributed by atoms with Crippen molar-refractivity contribution in [3.05, 3.63) is 65.2 Å². The van der Waals surface area contributed by atoms with Crippen molar-refractivity contribution >= 4 is 33.6 Å². The number of amides is 1. The number of benzene rings is 2. The first-order chi connectivity index (χ1) is 14.4. The maximum absolute atomic E-state index is 13.4. The fourth-order valence-corrected chi connectivity index (χ4v) is 5.04. The van der Waals surface area contributed by atoms with Crippen molar-refractivity contribution in [1.29, 1.82) is 0 Å². The Kier molecular flexibility index (Phi) is 7.53. The molecule has 160 valence electrons. The Morgan fingerprint density at radius 3 is 2.50 bits per heavy atom. The number of sulfonamides is 1. The Bertz CT molecular complexity index is 989. The molecule has 1 amide bonds. The number of carbonyl (C=O) groups excluding carboxylic acids is 1. The van der Waals surface area contributed by atoms with E-state index in [9.17, 15) is 13.2 Å². The Hall–Kier alpha value is -2.35. The van der Waals surface area contributed by atoms with E-state index in [1.54, 1.807) is 13.2 Å². The van der Waals surface area contributed by atoms with Gasteiger partial charge in [-0.2, -0.15) is 4.31 Å². The first-order valence-corrected chi connectivity index (χ1v) is 11.6. The van der Waals surface area contributed by atoms with Gasteiger partial charge in [-0.1, -0.05) is 35.9 Å². The lowest BCUT2D eigenvalue weighted by atomic mass is 10.1. The molecule has 1 aliphatic heterocycles. The average molecular weight is 449 g/mol. The van der Waals surface area contributed by atoms with Crippen LogP contribution in [0.2, 0.25) is 5.02 Å². The van der Waals surface area contributed by atoms with Crippen LogP contribution in [0.4, 0.5) is 0 Å². The smallest absolute Gasteiger partial charge is 0.244 e. The van der Waals surface area contributed by atoms with E-state index in [-0.39, 0.29) is 17.3 Å². The Labute approximate surface area is 182 Å². The van der Waals surface area contributed by atoms with Crippen LogP contribution in [0, 0.1) is 0 Å². The summed E-state index contributed by atoms with van der Waals surface area (Å²) in [6.45, 7) is 0.640. The third kappa shape index (κ3) is 5.41. The molecular formula is C22H25ClN2O4S. The lowest BCUT2D eigenvalue weighted by Crippen LogP contribution is -2.48. The van der Waals surface area contributed by atoms with Gasteiger partial charge in [0.2, 0.25) is 15.9 Å². The van der Waals surface area contributed by atoms with Gasteiger partial charge >= 0.3 is 0 Å². The van der Waals surface area contributed by atoms with Gasteiger partial charge in [0.15, 0.2) is 0 Å². The van der Waals surface area contributed by atoms with Crippen LogP contribution in [0.5, 0.6) is 5.75 Å². The fraction of sp³-hybridized carbons (Fsp3) is 0.318. The minimum Gasteiger partial charge on any atom is -0.497 e. The molecule has 2 aromatic rings. The van der Waals surface area contributed by atoms with Crippen LogP contribution in [0.3, 0.4) is 0 Å². The highest BCUT2D eigenvalue weighted by Crippen LogP contribution is 2.24. The maximum atomic E-state index is 13.4. The van der Waals surface area contributed by atoms with Crippen LogP contribution in [0.25, 0.3) is 6.08 Å². The Morgan fingerprint density at radius 1 is 1.13 bits per heavy atom. The topological polar surface area (TPSA) is 75.7 Å². The molecule has 1 fully saturated rings. The van der Waals surface area contributed by atoms with Crippen molar-refractivity contribution in [3.8, 4) is 5.75 Å². The van der Waals surface area contributed by atoms with Gasteiger partial charge in [0.1, 0.15) is 11.8 Å². The molecule has 0 spiro atoms. The first-order valence-electron chi connectivity index (χ1n) is 9.77. The predicted molar refractivity (Wildman–Crippen MR) is 118 cm³/mol. The summed E-state index contributed by atoms with van der Waals surface area (Å²) >= 11 is 5.92. The number of hydrogen-bond donors (Lipinski definition) is 1. The molecule has 0 bridgehead atoms. The molecule has 0 radical (unpaired) electrons. The number of carbonyl (C=O) groups is 1. The van der Waals surface area contributed by atoms with E-state index >= 15 is 0 Å². The van der Waals surface area contributed by atoms with Crippen molar-refractivity contribution in [2.75, 3.05) is 20.2 Å². The van der Waals surface area contributed by atoms with Gasteiger partial charge in [0.25, 0.3) is 0 Å². The minimum atomic E-state index is -3.89. The number of ether oxygens (including phenoxy) is 1. The van der Waals surface area contributed by atoms with E-state index < -0.39 is 16.1 Å². The summed E-state index contributed by atoms with van der Waals surface area (Å²) in [5.41, 5.74) is 0.907. The van der Waals surface area contributed by atoms with Crippen molar-refractivity contribution in [1.82, 2.24) is 9.62 Å². The zero-order valence-electron chi connectivity index (χ0n) is 16.8. The van der Waals surface area contributed by atoms with Crippen LogP contribution in [-0.2, 0) is 14.8 Å². The normalized spacial score (nSPS) is 17.7. The summed E-state index contributed by atoms with van der Waals surface area (Å²) in [4.78, 5) is 12.7. The van der Waals surface area contributed by atoms with Crippen molar-refractivity contribution in [2.45, 2.75) is 30.2 Å². The van der Waals surface area contributed by atoms with E-state index in [4.69, 9.17) is 16.3 Å². The quantitative estimate of drug-likeness (QED) is 0.700. The van der Waals surface area contributed by atoms with Gasteiger partial charge in [-0.25, -0.2) is 8.42 Å². The molecule has 1 unspecified atom stereocenters. The molecule has 2 aromatic carbocycles. The number of nitrogens with one attached hydrogen (secondary N) is 1. The fourth-order valence-electron chi connectivity index (χ4n) is 3.34.